The molecule has 3 rings (SSSR count). The van der Waals surface area contributed by atoms with Crippen LogP contribution in [-0.4, -0.2) is 9.38 Å². The number of pyridine rings is 1. The van der Waals surface area contributed by atoms with E-state index in [2.05, 4.69) is 66.5 Å². The van der Waals surface area contributed by atoms with Gasteiger partial charge in [-0.1, -0.05) is 28.1 Å². The molecule has 0 bridgehead atoms. The fraction of sp³-hybridized carbons (Fsp3) is 0.0714. The van der Waals surface area contributed by atoms with E-state index in [1.165, 1.54) is 0 Å². The molecule has 18 heavy (non-hydrogen) atoms. The van der Waals surface area contributed by atoms with E-state index in [0.29, 0.717) is 0 Å². The van der Waals surface area contributed by atoms with Crippen molar-refractivity contribution in [3.05, 3.63) is 57.2 Å². The van der Waals surface area contributed by atoms with Gasteiger partial charge < -0.3 is 4.40 Å². The Bertz CT molecular complexity index is 732. The van der Waals surface area contributed by atoms with Gasteiger partial charge in [-0.15, -0.1) is 0 Å². The molecule has 0 saturated heterocycles. The third kappa shape index (κ3) is 1.99. The molecule has 0 spiro atoms. The smallest absolute Gasteiger partial charge is 0.137 e. The third-order valence-electron chi connectivity index (χ3n) is 2.94. The van der Waals surface area contributed by atoms with E-state index in [9.17, 15) is 0 Å². The van der Waals surface area contributed by atoms with Gasteiger partial charge in [0.15, 0.2) is 0 Å². The lowest BCUT2D eigenvalue weighted by molar-refractivity contribution is 1.08. The number of fused-ring (bicyclic) bond motifs is 1. The Balaban J connectivity index is 2.23. The fourth-order valence-corrected chi connectivity index (χ4v) is 2.67. The van der Waals surface area contributed by atoms with Gasteiger partial charge in [0.2, 0.25) is 0 Å². The molecule has 0 radical (unpaired) electrons. The summed E-state index contributed by atoms with van der Waals surface area (Å²) in [6.07, 6.45) is 2.07. The predicted molar refractivity (Wildman–Crippen MR) is 80.8 cm³/mol. The maximum Gasteiger partial charge on any atom is 0.137 e. The zero-order chi connectivity index (χ0) is 12.7. The van der Waals surface area contributed by atoms with Crippen LogP contribution in [0.1, 0.15) is 5.69 Å². The molecule has 0 saturated carbocycles. The lowest BCUT2D eigenvalue weighted by Gasteiger charge is -2.00. The summed E-state index contributed by atoms with van der Waals surface area (Å²) in [5.41, 5.74) is 4.22. The molecule has 2 nitrogen and oxygen atoms in total. The topological polar surface area (TPSA) is 17.3 Å². The van der Waals surface area contributed by atoms with Crippen LogP contribution in [0.15, 0.2) is 51.5 Å². The Hall–Kier alpha value is -1.13. The maximum absolute atomic E-state index is 4.65. The highest BCUT2D eigenvalue weighted by Crippen LogP contribution is 2.25. The summed E-state index contributed by atoms with van der Waals surface area (Å²) < 4.78 is 4.25. The van der Waals surface area contributed by atoms with Gasteiger partial charge in [0, 0.05) is 26.4 Å². The summed E-state index contributed by atoms with van der Waals surface area (Å²) in [6.45, 7) is 2.07. The number of nitrogens with zero attached hydrogens (tertiary/aromatic N) is 2. The minimum absolute atomic E-state index is 0.964. The second kappa shape index (κ2) is 4.52. The minimum atomic E-state index is 0.964. The first-order valence-corrected chi connectivity index (χ1v) is 7.14. The van der Waals surface area contributed by atoms with E-state index in [0.717, 1.165) is 31.5 Å². The third-order valence-corrected chi connectivity index (χ3v) is 4.27. The summed E-state index contributed by atoms with van der Waals surface area (Å²) >= 11 is 7.02. The Kier molecular flexibility index (Phi) is 2.99. The van der Waals surface area contributed by atoms with Gasteiger partial charge in [-0.3, -0.25) is 0 Å². The van der Waals surface area contributed by atoms with Gasteiger partial charge in [-0.2, -0.15) is 0 Å². The Morgan fingerprint density at radius 2 is 1.94 bits per heavy atom. The van der Waals surface area contributed by atoms with Crippen LogP contribution >= 0.6 is 31.9 Å². The van der Waals surface area contributed by atoms with Crippen LogP contribution in [0, 0.1) is 6.92 Å². The molecular weight excluding hydrogens is 356 g/mol. The van der Waals surface area contributed by atoms with Crippen LogP contribution in [0.25, 0.3) is 16.9 Å². The summed E-state index contributed by atoms with van der Waals surface area (Å²) in [6, 6.07) is 12.2. The molecular formula is C14H10Br2N2. The van der Waals surface area contributed by atoms with E-state index < -0.39 is 0 Å². The summed E-state index contributed by atoms with van der Waals surface area (Å²) in [5, 5.41) is 0. The number of aryl methyl sites for hydroxylation is 1. The molecule has 0 atom stereocenters. The van der Waals surface area contributed by atoms with Crippen LogP contribution in [-0.2, 0) is 0 Å². The number of rotatable bonds is 1. The van der Waals surface area contributed by atoms with Crippen molar-refractivity contribution in [2.24, 2.45) is 0 Å². The van der Waals surface area contributed by atoms with Crippen molar-refractivity contribution in [2.75, 3.05) is 0 Å². The number of hydrogen-bond acceptors (Lipinski definition) is 1. The summed E-state index contributed by atoms with van der Waals surface area (Å²) in [5.74, 6) is 0. The minimum Gasteiger partial charge on any atom is -0.303 e. The van der Waals surface area contributed by atoms with Crippen molar-refractivity contribution in [3.63, 3.8) is 0 Å². The first-order chi connectivity index (χ1) is 8.65. The quantitative estimate of drug-likeness (QED) is 0.603. The molecule has 4 heteroatoms. The standard InChI is InChI=1S/C14H10Br2N2/c1-9-12(16)5-6-14-17-13(8-18(9)14)10-3-2-4-11(15)7-10/h2-8H,1H3. The van der Waals surface area contributed by atoms with Crippen LogP contribution < -0.4 is 0 Å². The van der Waals surface area contributed by atoms with Gasteiger partial charge in [0.25, 0.3) is 0 Å². The molecule has 0 unspecified atom stereocenters. The van der Waals surface area contributed by atoms with E-state index in [4.69, 9.17) is 0 Å². The molecule has 0 fully saturated rings. The monoisotopic (exact) mass is 364 g/mol. The largest absolute Gasteiger partial charge is 0.303 e. The van der Waals surface area contributed by atoms with Gasteiger partial charge in [-0.25, -0.2) is 4.98 Å². The second-order valence-corrected chi connectivity index (χ2v) is 5.90. The Labute approximate surface area is 122 Å². The second-order valence-electron chi connectivity index (χ2n) is 4.13. The van der Waals surface area contributed by atoms with Crippen LogP contribution in [0.4, 0.5) is 0 Å². The highest BCUT2D eigenvalue weighted by molar-refractivity contribution is 9.10. The first kappa shape index (κ1) is 11.9. The molecule has 0 aliphatic carbocycles. The first-order valence-electron chi connectivity index (χ1n) is 5.55. The van der Waals surface area contributed by atoms with E-state index >= 15 is 0 Å². The molecule has 0 aliphatic rings. The van der Waals surface area contributed by atoms with Gasteiger partial charge in [0.1, 0.15) is 5.65 Å². The average Bonchev–Trinajstić information content (AvgIpc) is 2.79. The number of imidazole rings is 1. The number of benzene rings is 1. The van der Waals surface area contributed by atoms with Crippen LogP contribution in [0.5, 0.6) is 0 Å². The summed E-state index contributed by atoms with van der Waals surface area (Å²) in [4.78, 5) is 4.65. The molecule has 0 N–H and O–H groups in total. The molecule has 3 aromatic rings. The molecule has 90 valence electrons. The zero-order valence-corrected chi connectivity index (χ0v) is 12.9. The van der Waals surface area contributed by atoms with Gasteiger partial charge in [0.05, 0.1) is 5.69 Å². The van der Waals surface area contributed by atoms with Crippen molar-refractivity contribution in [1.29, 1.82) is 0 Å². The van der Waals surface area contributed by atoms with Crippen molar-refractivity contribution in [1.82, 2.24) is 9.38 Å². The van der Waals surface area contributed by atoms with Gasteiger partial charge >= 0.3 is 0 Å². The number of hydrogen-bond donors (Lipinski definition) is 0. The fourth-order valence-electron chi connectivity index (χ4n) is 1.95. The van der Waals surface area contributed by atoms with E-state index in [1.54, 1.807) is 0 Å². The van der Waals surface area contributed by atoms with Gasteiger partial charge in [-0.05, 0) is 47.1 Å². The van der Waals surface area contributed by atoms with Crippen molar-refractivity contribution >= 4 is 37.5 Å². The molecule has 0 amide bonds. The molecule has 2 heterocycles. The zero-order valence-electron chi connectivity index (χ0n) is 9.69. The highest BCUT2D eigenvalue weighted by atomic mass is 79.9. The molecule has 2 aromatic heterocycles. The number of halogens is 2. The summed E-state index contributed by atoms with van der Waals surface area (Å²) in [7, 11) is 0. The average molecular weight is 366 g/mol. The van der Waals surface area contributed by atoms with Crippen molar-refractivity contribution < 1.29 is 0 Å². The lowest BCUT2D eigenvalue weighted by Crippen LogP contribution is -1.89. The van der Waals surface area contributed by atoms with E-state index in [-0.39, 0.29) is 0 Å². The Morgan fingerprint density at radius 3 is 2.72 bits per heavy atom. The van der Waals surface area contributed by atoms with Crippen molar-refractivity contribution in [2.45, 2.75) is 6.92 Å². The predicted octanol–water partition coefficient (Wildman–Crippen LogP) is 4.83. The van der Waals surface area contributed by atoms with E-state index in [1.807, 2.05) is 24.3 Å². The SMILES string of the molecule is Cc1c(Br)ccc2nc(-c3cccc(Br)c3)cn12. The maximum atomic E-state index is 4.65. The highest BCUT2D eigenvalue weighted by Gasteiger charge is 2.07. The molecule has 1 aromatic carbocycles. The Morgan fingerprint density at radius 1 is 1.11 bits per heavy atom. The molecule has 0 aliphatic heterocycles. The number of aromatic nitrogens is 2. The normalized spacial score (nSPS) is 11.1. The van der Waals surface area contributed by atoms with Crippen LogP contribution in [0.3, 0.4) is 0 Å². The lowest BCUT2D eigenvalue weighted by atomic mass is 10.2. The van der Waals surface area contributed by atoms with Crippen molar-refractivity contribution in [3.8, 4) is 11.3 Å². The van der Waals surface area contributed by atoms with Crippen LogP contribution in [0.2, 0.25) is 0 Å².